The first-order valence-electron chi connectivity index (χ1n) is 4.86. The lowest BCUT2D eigenvalue weighted by atomic mass is 10.2. The van der Waals surface area contributed by atoms with Crippen molar-refractivity contribution >= 4 is 21.5 Å². The van der Waals surface area contributed by atoms with Crippen molar-refractivity contribution in [2.45, 2.75) is 6.54 Å². The molecule has 1 heterocycles. The normalized spacial score (nSPS) is 10.1. The quantitative estimate of drug-likeness (QED) is 0.854. The van der Waals surface area contributed by atoms with E-state index >= 15 is 0 Å². The minimum atomic E-state index is 0.712. The van der Waals surface area contributed by atoms with Gasteiger partial charge in [-0.2, -0.15) is 0 Å². The SMILES string of the molecule is COc1cccc(CNc2ncc(N)s2)c1. The Bertz CT molecular complexity index is 470. The first kappa shape index (κ1) is 10.8. The first-order valence-corrected chi connectivity index (χ1v) is 5.67. The molecule has 2 rings (SSSR count). The van der Waals surface area contributed by atoms with Gasteiger partial charge in [0.05, 0.1) is 13.3 Å². The lowest BCUT2D eigenvalue weighted by Gasteiger charge is -2.05. The maximum atomic E-state index is 5.59. The predicted molar refractivity (Wildman–Crippen MR) is 66.8 cm³/mol. The number of nitrogens with two attached hydrogens (primary N) is 1. The van der Waals surface area contributed by atoms with Gasteiger partial charge in [0.1, 0.15) is 10.8 Å². The van der Waals surface area contributed by atoms with Crippen molar-refractivity contribution in [2.24, 2.45) is 0 Å². The van der Waals surface area contributed by atoms with Crippen LogP contribution >= 0.6 is 11.3 Å². The third kappa shape index (κ3) is 2.64. The molecule has 16 heavy (non-hydrogen) atoms. The van der Waals surface area contributed by atoms with Crippen LogP contribution in [-0.2, 0) is 6.54 Å². The largest absolute Gasteiger partial charge is 0.497 e. The van der Waals surface area contributed by atoms with Crippen molar-refractivity contribution in [2.75, 3.05) is 18.2 Å². The van der Waals surface area contributed by atoms with E-state index in [2.05, 4.69) is 10.3 Å². The van der Waals surface area contributed by atoms with Crippen LogP contribution in [0.5, 0.6) is 5.75 Å². The summed E-state index contributed by atoms with van der Waals surface area (Å²) in [5, 5.41) is 4.75. The summed E-state index contributed by atoms with van der Waals surface area (Å²) in [5.74, 6) is 0.859. The fourth-order valence-corrected chi connectivity index (χ4v) is 1.91. The number of nitrogens with one attached hydrogen (secondary N) is 1. The van der Waals surface area contributed by atoms with Crippen LogP contribution in [0, 0.1) is 0 Å². The van der Waals surface area contributed by atoms with Crippen molar-refractivity contribution in [1.82, 2.24) is 4.98 Å². The number of aromatic nitrogens is 1. The third-order valence-corrected chi connectivity index (χ3v) is 2.89. The minimum absolute atomic E-state index is 0.712. The van der Waals surface area contributed by atoms with Gasteiger partial charge in [0.25, 0.3) is 0 Å². The fraction of sp³-hybridized carbons (Fsp3) is 0.182. The molecule has 3 N–H and O–H groups in total. The number of hydrogen-bond donors (Lipinski definition) is 2. The van der Waals surface area contributed by atoms with E-state index in [9.17, 15) is 0 Å². The molecule has 0 aliphatic rings. The summed E-state index contributed by atoms with van der Waals surface area (Å²) in [5.41, 5.74) is 6.74. The number of ether oxygens (including phenoxy) is 1. The summed E-state index contributed by atoms with van der Waals surface area (Å²) in [6.45, 7) is 0.712. The Kier molecular flexibility index (Phi) is 3.26. The Morgan fingerprint density at radius 1 is 1.50 bits per heavy atom. The molecule has 0 saturated carbocycles. The fourth-order valence-electron chi connectivity index (χ4n) is 1.33. The summed E-state index contributed by atoms with van der Waals surface area (Å²) in [6.07, 6.45) is 1.65. The van der Waals surface area contributed by atoms with Crippen LogP contribution in [0.1, 0.15) is 5.56 Å². The van der Waals surface area contributed by atoms with Gasteiger partial charge in [0.2, 0.25) is 0 Å². The Morgan fingerprint density at radius 2 is 2.38 bits per heavy atom. The smallest absolute Gasteiger partial charge is 0.184 e. The molecule has 0 atom stereocenters. The average Bonchev–Trinajstić information content (AvgIpc) is 2.73. The second-order valence-electron chi connectivity index (χ2n) is 3.27. The predicted octanol–water partition coefficient (Wildman–Crippen LogP) is 2.35. The lowest BCUT2D eigenvalue weighted by molar-refractivity contribution is 0.414. The molecule has 0 bridgehead atoms. The van der Waals surface area contributed by atoms with Crippen molar-refractivity contribution in [1.29, 1.82) is 0 Å². The van der Waals surface area contributed by atoms with Crippen LogP contribution in [0.25, 0.3) is 0 Å². The van der Waals surface area contributed by atoms with E-state index in [1.807, 2.05) is 24.3 Å². The molecule has 1 aromatic carbocycles. The molecule has 5 heteroatoms. The number of thiazole rings is 1. The molecule has 4 nitrogen and oxygen atoms in total. The van der Waals surface area contributed by atoms with Crippen molar-refractivity contribution in [3.63, 3.8) is 0 Å². The van der Waals surface area contributed by atoms with E-state index < -0.39 is 0 Å². The van der Waals surface area contributed by atoms with Crippen molar-refractivity contribution in [3.8, 4) is 5.75 Å². The van der Waals surface area contributed by atoms with Crippen LogP contribution in [-0.4, -0.2) is 12.1 Å². The molecule has 0 aliphatic carbocycles. The molecule has 0 unspecified atom stereocenters. The summed E-state index contributed by atoms with van der Waals surface area (Å²) >= 11 is 1.44. The monoisotopic (exact) mass is 235 g/mol. The zero-order chi connectivity index (χ0) is 11.4. The number of nitrogen functional groups attached to an aromatic ring is 1. The van der Waals surface area contributed by atoms with Gasteiger partial charge in [-0.1, -0.05) is 23.5 Å². The van der Waals surface area contributed by atoms with Gasteiger partial charge in [0, 0.05) is 6.54 Å². The van der Waals surface area contributed by atoms with Gasteiger partial charge in [-0.15, -0.1) is 0 Å². The van der Waals surface area contributed by atoms with Gasteiger partial charge in [0.15, 0.2) is 5.13 Å². The second kappa shape index (κ2) is 4.85. The van der Waals surface area contributed by atoms with Crippen LogP contribution in [0.4, 0.5) is 10.1 Å². The number of benzene rings is 1. The zero-order valence-corrected chi connectivity index (χ0v) is 9.75. The Balaban J connectivity index is 1.99. The van der Waals surface area contributed by atoms with E-state index in [4.69, 9.17) is 10.5 Å². The highest BCUT2D eigenvalue weighted by molar-refractivity contribution is 7.19. The van der Waals surface area contributed by atoms with E-state index in [0.29, 0.717) is 11.5 Å². The molecule has 0 saturated heterocycles. The number of nitrogens with zero attached hydrogens (tertiary/aromatic N) is 1. The minimum Gasteiger partial charge on any atom is -0.497 e. The molecule has 2 aromatic rings. The molecule has 0 spiro atoms. The van der Waals surface area contributed by atoms with Crippen LogP contribution in [0.2, 0.25) is 0 Å². The number of rotatable bonds is 4. The van der Waals surface area contributed by atoms with E-state index in [1.165, 1.54) is 11.3 Å². The van der Waals surface area contributed by atoms with Gasteiger partial charge in [-0.25, -0.2) is 4.98 Å². The maximum Gasteiger partial charge on any atom is 0.184 e. The topological polar surface area (TPSA) is 60.2 Å². The molecular weight excluding hydrogens is 222 g/mol. The van der Waals surface area contributed by atoms with E-state index in [0.717, 1.165) is 16.4 Å². The first-order chi connectivity index (χ1) is 7.78. The van der Waals surface area contributed by atoms with Gasteiger partial charge in [-0.3, -0.25) is 0 Å². The van der Waals surface area contributed by atoms with Crippen molar-refractivity contribution in [3.05, 3.63) is 36.0 Å². The second-order valence-corrected chi connectivity index (χ2v) is 4.34. The average molecular weight is 235 g/mol. The highest BCUT2D eigenvalue weighted by Gasteiger charge is 1.99. The molecule has 0 fully saturated rings. The highest BCUT2D eigenvalue weighted by atomic mass is 32.1. The lowest BCUT2D eigenvalue weighted by Crippen LogP contribution is -1.98. The maximum absolute atomic E-state index is 5.59. The molecular formula is C11H13N3OS. The number of hydrogen-bond acceptors (Lipinski definition) is 5. The summed E-state index contributed by atoms with van der Waals surface area (Å²) in [6, 6.07) is 7.91. The standard InChI is InChI=1S/C11H13N3OS/c1-15-9-4-2-3-8(5-9)6-13-11-14-7-10(12)16-11/h2-5,7H,6,12H2,1H3,(H,13,14). The van der Waals surface area contributed by atoms with Crippen LogP contribution in [0.15, 0.2) is 30.5 Å². The summed E-state index contributed by atoms with van der Waals surface area (Å²) < 4.78 is 5.15. The van der Waals surface area contributed by atoms with Crippen molar-refractivity contribution < 1.29 is 4.74 Å². The molecule has 0 amide bonds. The Labute approximate surface area is 98.1 Å². The van der Waals surface area contributed by atoms with Crippen LogP contribution < -0.4 is 15.8 Å². The van der Waals surface area contributed by atoms with E-state index in [1.54, 1.807) is 13.3 Å². The van der Waals surface area contributed by atoms with E-state index in [-0.39, 0.29) is 0 Å². The third-order valence-electron chi connectivity index (χ3n) is 2.10. The van der Waals surface area contributed by atoms with Gasteiger partial charge in [-0.05, 0) is 17.7 Å². The zero-order valence-electron chi connectivity index (χ0n) is 8.93. The molecule has 1 aromatic heterocycles. The highest BCUT2D eigenvalue weighted by Crippen LogP contribution is 2.20. The number of anilines is 2. The summed E-state index contributed by atoms with van der Waals surface area (Å²) in [7, 11) is 1.66. The Hall–Kier alpha value is -1.75. The summed E-state index contributed by atoms with van der Waals surface area (Å²) in [4.78, 5) is 4.12. The van der Waals surface area contributed by atoms with Gasteiger partial charge < -0.3 is 15.8 Å². The van der Waals surface area contributed by atoms with Crippen LogP contribution in [0.3, 0.4) is 0 Å². The van der Waals surface area contributed by atoms with Gasteiger partial charge >= 0.3 is 0 Å². The number of methoxy groups -OCH3 is 1. The molecule has 0 aliphatic heterocycles. The Morgan fingerprint density at radius 3 is 3.06 bits per heavy atom. The molecule has 0 radical (unpaired) electrons. The molecule has 84 valence electrons.